The predicted molar refractivity (Wildman–Crippen MR) is 68.5 cm³/mol. The molecule has 16 heavy (non-hydrogen) atoms. The molecule has 0 aliphatic carbocycles. The van der Waals surface area contributed by atoms with Gasteiger partial charge < -0.3 is 5.32 Å². The van der Waals surface area contributed by atoms with Crippen molar-refractivity contribution in [1.29, 1.82) is 0 Å². The molecule has 1 aromatic carbocycles. The molecule has 0 atom stereocenters. The number of nitrogens with one attached hydrogen (secondary N) is 1. The van der Waals surface area contributed by atoms with E-state index >= 15 is 0 Å². The molecule has 0 saturated heterocycles. The number of amides is 1. The van der Waals surface area contributed by atoms with Gasteiger partial charge in [-0.1, -0.05) is 23.6 Å². The van der Waals surface area contributed by atoms with Gasteiger partial charge in [0.15, 0.2) is 0 Å². The number of hydrogen-bond donors (Lipinski definition) is 1. The van der Waals surface area contributed by atoms with Crippen molar-refractivity contribution in [2.45, 2.75) is 31.2 Å². The van der Waals surface area contributed by atoms with E-state index < -0.39 is 5.54 Å². The number of hydrogen-bond acceptors (Lipinski definition) is 2. The van der Waals surface area contributed by atoms with E-state index in [9.17, 15) is 4.79 Å². The Hall–Kier alpha value is -1.40. The smallest absolute Gasteiger partial charge is 0.285 e. The van der Waals surface area contributed by atoms with Crippen LogP contribution in [0.2, 0.25) is 0 Å². The van der Waals surface area contributed by atoms with Crippen LogP contribution < -0.4 is 5.32 Å². The molecule has 1 rings (SSSR count). The minimum absolute atomic E-state index is 0.133. The average Bonchev–Trinajstić information content (AvgIpc) is 2.21. The summed E-state index contributed by atoms with van der Waals surface area (Å²) in [4.78, 5) is 12.5. The summed E-state index contributed by atoms with van der Waals surface area (Å²) in [5.41, 5.74) is 0.572. The van der Waals surface area contributed by atoms with E-state index in [-0.39, 0.29) is 5.24 Å². The minimum Gasteiger partial charge on any atom is -0.331 e. The molecule has 0 bridgehead atoms. The zero-order valence-electron chi connectivity index (χ0n) is 9.70. The molecular weight excluding hydrogens is 218 g/mol. The molecule has 3 heteroatoms. The van der Waals surface area contributed by atoms with Crippen LogP contribution >= 0.6 is 11.8 Å². The van der Waals surface area contributed by atoms with Crippen LogP contribution in [-0.4, -0.2) is 10.8 Å². The zero-order chi connectivity index (χ0) is 12.2. The van der Waals surface area contributed by atoms with Crippen LogP contribution in [0, 0.1) is 19.3 Å². The van der Waals surface area contributed by atoms with Crippen molar-refractivity contribution in [3.05, 3.63) is 29.8 Å². The van der Waals surface area contributed by atoms with Crippen LogP contribution in [0.3, 0.4) is 0 Å². The van der Waals surface area contributed by atoms with Gasteiger partial charge >= 0.3 is 0 Å². The number of benzene rings is 1. The Morgan fingerprint density at radius 1 is 1.38 bits per heavy atom. The lowest BCUT2D eigenvalue weighted by Crippen LogP contribution is -2.39. The van der Waals surface area contributed by atoms with E-state index in [4.69, 9.17) is 6.42 Å². The molecule has 1 amide bonds. The van der Waals surface area contributed by atoms with Crippen molar-refractivity contribution in [3.63, 3.8) is 0 Å². The molecule has 1 N–H and O–H groups in total. The molecule has 0 heterocycles. The molecule has 0 radical (unpaired) electrons. The van der Waals surface area contributed by atoms with Gasteiger partial charge in [0.2, 0.25) is 0 Å². The van der Waals surface area contributed by atoms with Crippen molar-refractivity contribution in [2.24, 2.45) is 0 Å². The lowest BCUT2D eigenvalue weighted by Gasteiger charge is -2.18. The largest absolute Gasteiger partial charge is 0.331 e. The summed E-state index contributed by atoms with van der Waals surface area (Å²) in [6.45, 7) is 5.59. The number of terminal acetylenes is 1. The third-order valence-electron chi connectivity index (χ3n) is 2.01. The van der Waals surface area contributed by atoms with Crippen LogP contribution in [0.25, 0.3) is 0 Å². The standard InChI is InChI=1S/C13H15NOS/c1-5-13(3,4)14-12(15)16-11-8-6-10(2)7-9-11/h1,6-9H,2-4H3,(H,14,15). The van der Waals surface area contributed by atoms with Crippen molar-refractivity contribution >= 4 is 17.0 Å². The second-order valence-corrected chi connectivity index (χ2v) is 5.14. The third-order valence-corrected chi connectivity index (χ3v) is 2.80. The second-order valence-electron chi connectivity index (χ2n) is 4.10. The summed E-state index contributed by atoms with van der Waals surface area (Å²) < 4.78 is 0. The van der Waals surface area contributed by atoms with Gasteiger partial charge in [0, 0.05) is 4.90 Å². The first-order chi connectivity index (χ1) is 7.43. The van der Waals surface area contributed by atoms with Gasteiger partial charge in [-0.3, -0.25) is 4.79 Å². The number of carbonyl (C=O) groups excluding carboxylic acids is 1. The van der Waals surface area contributed by atoms with Gasteiger partial charge in [0.05, 0.1) is 5.54 Å². The minimum atomic E-state index is -0.602. The zero-order valence-corrected chi connectivity index (χ0v) is 10.5. The molecule has 0 aliphatic heterocycles. The van der Waals surface area contributed by atoms with Gasteiger partial charge in [-0.25, -0.2) is 0 Å². The number of thioether (sulfide) groups is 1. The summed E-state index contributed by atoms with van der Waals surface area (Å²) in [7, 11) is 0. The summed E-state index contributed by atoms with van der Waals surface area (Å²) in [5, 5.41) is 2.62. The molecule has 1 aromatic rings. The molecule has 0 aromatic heterocycles. The number of carbonyl (C=O) groups is 1. The topological polar surface area (TPSA) is 29.1 Å². The molecule has 0 spiro atoms. The van der Waals surface area contributed by atoms with E-state index in [0.717, 1.165) is 16.7 Å². The van der Waals surface area contributed by atoms with Crippen molar-refractivity contribution < 1.29 is 4.79 Å². The van der Waals surface area contributed by atoms with Gasteiger partial charge in [-0.15, -0.1) is 6.42 Å². The van der Waals surface area contributed by atoms with Gasteiger partial charge in [0.25, 0.3) is 5.24 Å². The van der Waals surface area contributed by atoms with E-state index in [1.807, 2.05) is 31.2 Å². The molecular formula is C13H15NOS. The molecule has 84 valence electrons. The fourth-order valence-corrected chi connectivity index (χ4v) is 1.82. The first-order valence-corrected chi connectivity index (χ1v) is 5.79. The summed E-state index contributed by atoms with van der Waals surface area (Å²) >= 11 is 1.15. The number of rotatable bonds is 2. The predicted octanol–water partition coefficient (Wildman–Crippen LogP) is 3.21. The molecule has 0 fully saturated rings. The van der Waals surface area contributed by atoms with Crippen molar-refractivity contribution in [3.8, 4) is 12.3 Å². The maximum absolute atomic E-state index is 11.6. The van der Waals surface area contributed by atoms with Crippen LogP contribution in [0.1, 0.15) is 19.4 Å². The van der Waals surface area contributed by atoms with Crippen molar-refractivity contribution in [1.82, 2.24) is 5.32 Å². The highest BCUT2D eigenvalue weighted by Crippen LogP contribution is 2.19. The Kier molecular flexibility index (Phi) is 4.03. The summed E-state index contributed by atoms with van der Waals surface area (Å²) in [6.07, 6.45) is 5.29. The number of aryl methyl sites for hydroxylation is 1. The maximum atomic E-state index is 11.6. The fourth-order valence-electron chi connectivity index (χ4n) is 1.03. The van der Waals surface area contributed by atoms with E-state index in [0.29, 0.717) is 0 Å². The highest BCUT2D eigenvalue weighted by molar-refractivity contribution is 8.13. The Labute approximate surface area is 101 Å². The monoisotopic (exact) mass is 233 g/mol. The normalized spacial score (nSPS) is 10.6. The van der Waals surface area contributed by atoms with Gasteiger partial charge in [-0.05, 0) is 44.7 Å². The molecule has 0 saturated carbocycles. The highest BCUT2D eigenvalue weighted by atomic mass is 32.2. The Bertz CT molecular complexity index is 415. The van der Waals surface area contributed by atoms with Crippen LogP contribution in [0.4, 0.5) is 4.79 Å². The summed E-state index contributed by atoms with van der Waals surface area (Å²) in [5.74, 6) is 2.52. The van der Waals surface area contributed by atoms with Crippen molar-refractivity contribution in [2.75, 3.05) is 0 Å². The Morgan fingerprint density at radius 2 is 1.94 bits per heavy atom. The first-order valence-electron chi connectivity index (χ1n) is 4.97. The third kappa shape index (κ3) is 4.00. The quantitative estimate of drug-likeness (QED) is 0.627. The molecule has 2 nitrogen and oxygen atoms in total. The van der Waals surface area contributed by atoms with E-state index in [1.165, 1.54) is 5.56 Å². The van der Waals surface area contributed by atoms with E-state index in [2.05, 4.69) is 11.2 Å². The Balaban J connectivity index is 2.59. The second kappa shape index (κ2) is 5.09. The SMILES string of the molecule is C#CC(C)(C)NC(=O)Sc1ccc(C)cc1. The van der Waals surface area contributed by atoms with E-state index in [1.54, 1.807) is 13.8 Å². The lowest BCUT2D eigenvalue weighted by atomic mass is 10.1. The first kappa shape index (κ1) is 12.7. The average molecular weight is 233 g/mol. The maximum Gasteiger partial charge on any atom is 0.285 e. The summed E-state index contributed by atoms with van der Waals surface area (Å²) in [6, 6.07) is 7.79. The van der Waals surface area contributed by atoms with Crippen LogP contribution in [0.5, 0.6) is 0 Å². The van der Waals surface area contributed by atoms with Crippen LogP contribution in [-0.2, 0) is 0 Å². The fraction of sp³-hybridized carbons (Fsp3) is 0.308. The van der Waals surface area contributed by atoms with Crippen LogP contribution in [0.15, 0.2) is 29.2 Å². The van der Waals surface area contributed by atoms with Gasteiger partial charge in [-0.2, -0.15) is 0 Å². The lowest BCUT2D eigenvalue weighted by molar-refractivity contribution is 0.256. The highest BCUT2D eigenvalue weighted by Gasteiger charge is 2.17. The Morgan fingerprint density at radius 3 is 2.44 bits per heavy atom. The van der Waals surface area contributed by atoms with Gasteiger partial charge in [0.1, 0.15) is 0 Å². The molecule has 0 unspecified atom stereocenters. The molecule has 0 aliphatic rings.